The van der Waals surface area contributed by atoms with Crippen molar-refractivity contribution in [3.8, 4) is 0 Å². The average Bonchev–Trinajstić information content (AvgIpc) is 2.37. The first kappa shape index (κ1) is 15.2. The summed E-state index contributed by atoms with van der Waals surface area (Å²) in [6, 6.07) is 0. The predicted octanol–water partition coefficient (Wildman–Crippen LogP) is 5.02. The molecule has 102 valence electrons. The molecule has 1 atom stereocenters. The first-order chi connectivity index (χ1) is 8.05. The molecule has 0 aliphatic heterocycles. The monoisotopic (exact) mass is 256 g/mol. The fourth-order valence-corrected chi connectivity index (χ4v) is 5.65. The molecule has 0 aromatic rings. The van der Waals surface area contributed by atoms with Crippen molar-refractivity contribution in [2.45, 2.75) is 83.7 Å². The van der Waals surface area contributed by atoms with E-state index in [2.05, 4.69) is 26.6 Å². The van der Waals surface area contributed by atoms with Crippen molar-refractivity contribution in [1.29, 1.82) is 0 Å². The van der Waals surface area contributed by atoms with Crippen LogP contribution < -0.4 is 0 Å². The van der Waals surface area contributed by atoms with E-state index in [1.165, 1.54) is 51.4 Å². The van der Waals surface area contributed by atoms with Crippen LogP contribution in [0.2, 0.25) is 19.6 Å². The van der Waals surface area contributed by atoms with Gasteiger partial charge < -0.3 is 4.74 Å². The highest BCUT2D eigenvalue weighted by Crippen LogP contribution is 2.30. The summed E-state index contributed by atoms with van der Waals surface area (Å²) >= 11 is 0. The molecule has 0 saturated heterocycles. The van der Waals surface area contributed by atoms with Crippen LogP contribution in [0.1, 0.15) is 58.3 Å². The van der Waals surface area contributed by atoms with Crippen LogP contribution in [0.15, 0.2) is 0 Å². The van der Waals surface area contributed by atoms with Gasteiger partial charge in [0, 0.05) is 6.61 Å². The molecular weight excluding hydrogens is 224 g/mol. The smallest absolute Gasteiger partial charge is 0.0788 e. The maximum Gasteiger partial charge on any atom is 0.0788 e. The zero-order valence-electron chi connectivity index (χ0n) is 12.4. The summed E-state index contributed by atoms with van der Waals surface area (Å²) in [7, 11) is -1.17. The second kappa shape index (κ2) is 7.58. The Morgan fingerprint density at radius 3 is 1.82 bits per heavy atom. The van der Waals surface area contributed by atoms with Crippen LogP contribution in [0.25, 0.3) is 0 Å². The summed E-state index contributed by atoms with van der Waals surface area (Å²) in [6.45, 7) is 10.5. The molecule has 0 aromatic carbocycles. The molecule has 0 bridgehead atoms. The highest BCUT2D eigenvalue weighted by Gasteiger charge is 2.33. The Kier molecular flexibility index (Phi) is 6.79. The lowest BCUT2D eigenvalue weighted by atomic mass is 9.97. The lowest BCUT2D eigenvalue weighted by Crippen LogP contribution is -2.45. The Bertz CT molecular complexity index is 188. The number of ether oxygens (including phenoxy) is 1. The third kappa shape index (κ3) is 5.56. The van der Waals surface area contributed by atoms with E-state index in [1.807, 2.05) is 0 Å². The summed E-state index contributed by atoms with van der Waals surface area (Å²) in [5.74, 6) is 0.847. The molecule has 17 heavy (non-hydrogen) atoms. The molecule has 1 rings (SSSR count). The Balaban J connectivity index is 2.61. The zero-order valence-corrected chi connectivity index (χ0v) is 13.4. The van der Waals surface area contributed by atoms with E-state index in [1.54, 1.807) is 0 Å². The van der Waals surface area contributed by atoms with Crippen LogP contribution in [0, 0.1) is 5.92 Å². The Hall–Kier alpha value is 0.177. The molecule has 0 N–H and O–H groups in total. The van der Waals surface area contributed by atoms with E-state index in [-0.39, 0.29) is 0 Å². The van der Waals surface area contributed by atoms with Gasteiger partial charge in [0.25, 0.3) is 0 Å². The van der Waals surface area contributed by atoms with Crippen molar-refractivity contribution in [3.63, 3.8) is 0 Å². The van der Waals surface area contributed by atoms with Crippen LogP contribution in [-0.2, 0) is 4.74 Å². The summed E-state index contributed by atoms with van der Waals surface area (Å²) in [4.78, 5) is 0. The van der Waals surface area contributed by atoms with Gasteiger partial charge in [-0.05, 0) is 25.7 Å². The van der Waals surface area contributed by atoms with Gasteiger partial charge in [-0.15, -0.1) is 0 Å². The van der Waals surface area contributed by atoms with E-state index in [0.717, 1.165) is 12.5 Å². The third-order valence-electron chi connectivity index (χ3n) is 4.03. The molecule has 1 aliphatic carbocycles. The summed E-state index contributed by atoms with van der Waals surface area (Å²) < 4.78 is 6.14. The number of hydrogen-bond donors (Lipinski definition) is 0. The van der Waals surface area contributed by atoms with Gasteiger partial charge in [-0.1, -0.05) is 58.2 Å². The van der Waals surface area contributed by atoms with Gasteiger partial charge >= 0.3 is 0 Å². The van der Waals surface area contributed by atoms with Crippen molar-refractivity contribution in [2.24, 2.45) is 5.92 Å². The average molecular weight is 257 g/mol. The Morgan fingerprint density at radius 2 is 1.41 bits per heavy atom. The SMILES string of the molecule is CCOC(C1CCCCCCCC1)[Si](C)(C)C. The topological polar surface area (TPSA) is 9.23 Å². The predicted molar refractivity (Wildman–Crippen MR) is 79.2 cm³/mol. The van der Waals surface area contributed by atoms with Gasteiger partial charge in [-0.3, -0.25) is 0 Å². The summed E-state index contributed by atoms with van der Waals surface area (Å²) in [5, 5.41) is 0. The molecule has 1 nitrogen and oxygen atoms in total. The first-order valence-electron chi connectivity index (χ1n) is 7.67. The molecule has 0 heterocycles. The highest BCUT2D eigenvalue weighted by atomic mass is 28.3. The van der Waals surface area contributed by atoms with Crippen molar-refractivity contribution in [2.75, 3.05) is 6.61 Å². The van der Waals surface area contributed by atoms with Crippen molar-refractivity contribution < 1.29 is 4.74 Å². The maximum atomic E-state index is 6.14. The molecule has 2 heteroatoms. The third-order valence-corrected chi connectivity index (χ3v) is 6.37. The van der Waals surface area contributed by atoms with Crippen molar-refractivity contribution in [3.05, 3.63) is 0 Å². The molecule has 1 fully saturated rings. The highest BCUT2D eigenvalue weighted by molar-refractivity contribution is 6.77. The van der Waals surface area contributed by atoms with Gasteiger partial charge in [0.15, 0.2) is 0 Å². The molecule has 1 unspecified atom stereocenters. The van der Waals surface area contributed by atoms with E-state index < -0.39 is 8.07 Å². The Morgan fingerprint density at radius 1 is 0.941 bits per heavy atom. The minimum atomic E-state index is -1.17. The van der Waals surface area contributed by atoms with Crippen LogP contribution in [-0.4, -0.2) is 20.4 Å². The molecule has 0 amide bonds. The van der Waals surface area contributed by atoms with Crippen LogP contribution in [0.4, 0.5) is 0 Å². The van der Waals surface area contributed by atoms with Crippen LogP contribution >= 0.6 is 0 Å². The number of rotatable bonds is 4. The zero-order chi connectivity index (χ0) is 12.7. The minimum absolute atomic E-state index is 0.589. The maximum absolute atomic E-state index is 6.14. The second-order valence-corrected chi connectivity index (χ2v) is 12.0. The molecular formula is C15H32OSi. The lowest BCUT2D eigenvalue weighted by molar-refractivity contribution is 0.0612. The van der Waals surface area contributed by atoms with Gasteiger partial charge in [-0.25, -0.2) is 0 Å². The van der Waals surface area contributed by atoms with E-state index >= 15 is 0 Å². The lowest BCUT2D eigenvalue weighted by Gasteiger charge is -2.35. The van der Waals surface area contributed by atoms with Crippen LogP contribution in [0.5, 0.6) is 0 Å². The molecule has 0 radical (unpaired) electrons. The fourth-order valence-electron chi connectivity index (χ4n) is 3.24. The minimum Gasteiger partial charge on any atom is -0.382 e. The van der Waals surface area contributed by atoms with E-state index in [0.29, 0.717) is 5.73 Å². The molecule has 1 aliphatic rings. The fraction of sp³-hybridized carbons (Fsp3) is 1.00. The number of hydrogen-bond acceptors (Lipinski definition) is 1. The molecule has 1 saturated carbocycles. The normalized spacial score (nSPS) is 22.6. The van der Waals surface area contributed by atoms with Gasteiger partial charge in [0.1, 0.15) is 0 Å². The molecule has 0 spiro atoms. The van der Waals surface area contributed by atoms with Crippen molar-refractivity contribution >= 4 is 8.07 Å². The van der Waals surface area contributed by atoms with E-state index in [9.17, 15) is 0 Å². The second-order valence-electron chi connectivity index (χ2n) is 6.70. The quantitative estimate of drug-likeness (QED) is 0.642. The summed E-state index contributed by atoms with van der Waals surface area (Å²) in [5.41, 5.74) is 0.589. The first-order valence-corrected chi connectivity index (χ1v) is 11.2. The summed E-state index contributed by atoms with van der Waals surface area (Å²) in [6.07, 6.45) is 11.5. The van der Waals surface area contributed by atoms with Crippen LogP contribution in [0.3, 0.4) is 0 Å². The van der Waals surface area contributed by atoms with Gasteiger partial charge in [0.2, 0.25) is 0 Å². The Labute approximate surface area is 109 Å². The van der Waals surface area contributed by atoms with Crippen molar-refractivity contribution in [1.82, 2.24) is 0 Å². The van der Waals surface area contributed by atoms with E-state index in [4.69, 9.17) is 4.74 Å². The molecule has 0 aromatic heterocycles. The van der Waals surface area contributed by atoms with Gasteiger partial charge in [0.05, 0.1) is 13.8 Å². The largest absolute Gasteiger partial charge is 0.382 e. The standard InChI is InChI=1S/C15H32OSi/c1-5-16-15(17(2,3)4)14-12-10-8-6-7-9-11-13-14/h14-15H,5-13H2,1-4H3. The van der Waals surface area contributed by atoms with Gasteiger partial charge in [-0.2, -0.15) is 0 Å².